The zero-order chi connectivity index (χ0) is 15.0. The van der Waals surface area contributed by atoms with E-state index in [2.05, 4.69) is 23.9 Å². The highest BCUT2D eigenvalue weighted by atomic mass is 35.5. The van der Waals surface area contributed by atoms with E-state index in [0.717, 1.165) is 36.3 Å². The van der Waals surface area contributed by atoms with Crippen molar-refractivity contribution >= 4 is 33.0 Å². The number of aryl methyl sites for hydroxylation is 1. The van der Waals surface area contributed by atoms with E-state index < -0.39 is 10.0 Å². The molecule has 1 saturated heterocycles. The lowest BCUT2D eigenvalue weighted by Gasteiger charge is -2.39. The second-order valence-corrected chi connectivity index (χ2v) is 9.62. The molecule has 2 N–H and O–H groups in total. The second kappa shape index (κ2) is 5.93. The summed E-state index contributed by atoms with van der Waals surface area (Å²) in [7, 11) is -3.47. The molecule has 1 unspecified atom stereocenters. The molecule has 4 nitrogen and oxygen atoms in total. The summed E-state index contributed by atoms with van der Waals surface area (Å²) in [6.07, 6.45) is 2.24. The fourth-order valence-corrected chi connectivity index (χ4v) is 5.25. The number of hydrogen-bond donors (Lipinski definition) is 2. The Balaban J connectivity index is 2.06. The van der Waals surface area contributed by atoms with Crippen molar-refractivity contribution in [1.82, 2.24) is 10.0 Å². The molecule has 0 saturated carbocycles. The molecule has 1 aromatic rings. The number of thiophene rings is 1. The van der Waals surface area contributed by atoms with E-state index in [1.165, 1.54) is 0 Å². The molecular formula is C13H21ClN2O2S2. The summed E-state index contributed by atoms with van der Waals surface area (Å²) in [5, 5.41) is 3.40. The number of sulfonamides is 1. The maximum atomic E-state index is 12.3. The first-order valence-corrected chi connectivity index (χ1v) is 9.39. The molecule has 1 aliphatic heterocycles. The molecule has 2 heterocycles. The van der Waals surface area contributed by atoms with E-state index in [1.807, 2.05) is 6.92 Å². The molecule has 0 aliphatic carbocycles. The fraction of sp³-hybridized carbons (Fsp3) is 0.692. The average molecular weight is 337 g/mol. The number of rotatable bonds is 4. The Morgan fingerprint density at radius 3 is 2.80 bits per heavy atom. The van der Waals surface area contributed by atoms with E-state index in [9.17, 15) is 8.42 Å². The highest BCUT2D eigenvalue weighted by molar-refractivity contribution is 7.91. The van der Waals surface area contributed by atoms with E-state index >= 15 is 0 Å². The van der Waals surface area contributed by atoms with Crippen LogP contribution in [0.2, 0.25) is 4.34 Å². The molecule has 0 radical (unpaired) electrons. The van der Waals surface area contributed by atoms with Gasteiger partial charge in [0.05, 0.1) is 4.34 Å². The number of piperidine rings is 1. The van der Waals surface area contributed by atoms with Gasteiger partial charge in [-0.2, -0.15) is 0 Å². The molecule has 1 fully saturated rings. The van der Waals surface area contributed by atoms with Gasteiger partial charge >= 0.3 is 0 Å². The third-order valence-corrected chi connectivity index (χ3v) is 7.36. The lowest BCUT2D eigenvalue weighted by Crippen LogP contribution is -2.52. The molecule has 0 amide bonds. The fourth-order valence-electron chi connectivity index (χ4n) is 2.45. The Kier molecular flexibility index (Phi) is 4.81. The molecule has 1 aliphatic rings. The number of hydrogen-bond acceptors (Lipinski definition) is 4. The van der Waals surface area contributed by atoms with Gasteiger partial charge in [-0.05, 0) is 43.4 Å². The molecule has 0 spiro atoms. The molecule has 1 atom stereocenters. The minimum Gasteiger partial charge on any atom is -0.312 e. The Morgan fingerprint density at radius 2 is 2.25 bits per heavy atom. The highest BCUT2D eigenvalue weighted by Crippen LogP contribution is 2.31. The summed E-state index contributed by atoms with van der Waals surface area (Å²) in [5.74, 6) is 0. The number of nitrogens with one attached hydrogen (secondary N) is 2. The van der Waals surface area contributed by atoms with Crippen LogP contribution in [0.15, 0.2) is 10.3 Å². The first-order chi connectivity index (χ1) is 9.22. The Hall–Kier alpha value is -0.140. The lowest BCUT2D eigenvalue weighted by molar-refractivity contribution is 0.182. The smallest absolute Gasteiger partial charge is 0.250 e. The summed E-state index contributed by atoms with van der Waals surface area (Å²) in [4.78, 5) is 0. The molecule has 0 bridgehead atoms. The number of halogens is 1. The SMILES string of the molecule is Cc1cc(S(=O)(=O)NCC2NCCCC2(C)C)sc1Cl. The van der Waals surface area contributed by atoms with Crippen molar-refractivity contribution in [3.63, 3.8) is 0 Å². The van der Waals surface area contributed by atoms with Gasteiger partial charge in [0, 0.05) is 12.6 Å². The summed E-state index contributed by atoms with van der Waals surface area (Å²) in [5.41, 5.74) is 0.900. The largest absolute Gasteiger partial charge is 0.312 e. The zero-order valence-corrected chi connectivity index (χ0v) is 14.4. The molecule has 2 rings (SSSR count). The van der Waals surface area contributed by atoms with Gasteiger partial charge in [-0.25, -0.2) is 13.1 Å². The van der Waals surface area contributed by atoms with Gasteiger partial charge < -0.3 is 5.32 Å². The summed E-state index contributed by atoms with van der Waals surface area (Å²) in [6.45, 7) is 7.50. The third kappa shape index (κ3) is 3.54. The first-order valence-electron chi connectivity index (χ1n) is 6.71. The molecule has 114 valence electrons. The molecular weight excluding hydrogens is 316 g/mol. The Morgan fingerprint density at radius 1 is 1.55 bits per heavy atom. The topological polar surface area (TPSA) is 58.2 Å². The van der Waals surface area contributed by atoms with Crippen molar-refractivity contribution in [2.45, 2.75) is 43.9 Å². The Labute approximate surface area is 130 Å². The van der Waals surface area contributed by atoms with Gasteiger partial charge in [-0.15, -0.1) is 11.3 Å². The van der Waals surface area contributed by atoms with Crippen molar-refractivity contribution in [3.8, 4) is 0 Å². The van der Waals surface area contributed by atoms with Crippen molar-refractivity contribution in [1.29, 1.82) is 0 Å². The second-order valence-electron chi connectivity index (χ2n) is 5.97. The molecule has 1 aromatic heterocycles. The van der Waals surface area contributed by atoms with Gasteiger partial charge in [-0.1, -0.05) is 25.4 Å². The lowest BCUT2D eigenvalue weighted by atomic mass is 9.78. The predicted molar refractivity (Wildman–Crippen MR) is 84.1 cm³/mol. The van der Waals surface area contributed by atoms with Crippen LogP contribution in [-0.4, -0.2) is 27.5 Å². The van der Waals surface area contributed by atoms with Crippen LogP contribution in [-0.2, 0) is 10.0 Å². The van der Waals surface area contributed by atoms with Crippen LogP contribution in [0.3, 0.4) is 0 Å². The van der Waals surface area contributed by atoms with Crippen molar-refractivity contribution in [2.24, 2.45) is 5.41 Å². The van der Waals surface area contributed by atoms with Crippen LogP contribution in [0.5, 0.6) is 0 Å². The van der Waals surface area contributed by atoms with Crippen molar-refractivity contribution in [2.75, 3.05) is 13.1 Å². The summed E-state index contributed by atoms with van der Waals surface area (Å²) in [6, 6.07) is 1.77. The quantitative estimate of drug-likeness (QED) is 0.888. The van der Waals surface area contributed by atoms with E-state index in [0.29, 0.717) is 10.9 Å². The van der Waals surface area contributed by atoms with Crippen LogP contribution < -0.4 is 10.0 Å². The van der Waals surface area contributed by atoms with Crippen LogP contribution in [0.25, 0.3) is 0 Å². The maximum absolute atomic E-state index is 12.3. The average Bonchev–Trinajstić information content (AvgIpc) is 2.69. The van der Waals surface area contributed by atoms with Crippen LogP contribution in [0.4, 0.5) is 0 Å². The summed E-state index contributed by atoms with van der Waals surface area (Å²) >= 11 is 7.05. The minimum absolute atomic E-state index is 0.101. The minimum atomic E-state index is -3.47. The Bertz CT molecular complexity index is 562. The van der Waals surface area contributed by atoms with Gasteiger partial charge in [0.2, 0.25) is 10.0 Å². The maximum Gasteiger partial charge on any atom is 0.250 e. The van der Waals surface area contributed by atoms with E-state index in [-0.39, 0.29) is 15.7 Å². The van der Waals surface area contributed by atoms with Crippen LogP contribution in [0.1, 0.15) is 32.3 Å². The van der Waals surface area contributed by atoms with Gasteiger partial charge in [0.15, 0.2) is 0 Å². The molecule has 7 heteroatoms. The zero-order valence-electron chi connectivity index (χ0n) is 12.0. The van der Waals surface area contributed by atoms with Gasteiger partial charge in [-0.3, -0.25) is 0 Å². The van der Waals surface area contributed by atoms with Crippen molar-refractivity contribution < 1.29 is 8.42 Å². The predicted octanol–water partition coefficient (Wildman–Crippen LogP) is 2.77. The van der Waals surface area contributed by atoms with Crippen LogP contribution in [0, 0.1) is 12.3 Å². The third-order valence-electron chi connectivity index (χ3n) is 3.91. The highest BCUT2D eigenvalue weighted by Gasteiger charge is 2.33. The molecule has 0 aromatic carbocycles. The van der Waals surface area contributed by atoms with Gasteiger partial charge in [0.1, 0.15) is 4.21 Å². The normalized spacial score (nSPS) is 22.9. The monoisotopic (exact) mass is 336 g/mol. The van der Waals surface area contributed by atoms with Crippen molar-refractivity contribution in [3.05, 3.63) is 16.0 Å². The molecule has 20 heavy (non-hydrogen) atoms. The summed E-state index contributed by atoms with van der Waals surface area (Å²) < 4.78 is 28.0. The standard InChI is InChI=1S/C13H21ClN2O2S2/c1-9-7-11(19-12(9)14)20(17,18)16-8-10-13(2,3)5-4-6-15-10/h7,10,15-16H,4-6,8H2,1-3H3. The van der Waals surface area contributed by atoms with E-state index in [1.54, 1.807) is 6.07 Å². The van der Waals surface area contributed by atoms with Crippen LogP contribution >= 0.6 is 22.9 Å². The first kappa shape index (κ1) is 16.2. The van der Waals surface area contributed by atoms with Gasteiger partial charge in [0.25, 0.3) is 0 Å². The van der Waals surface area contributed by atoms with E-state index in [4.69, 9.17) is 11.6 Å².